The van der Waals surface area contributed by atoms with Crippen molar-refractivity contribution in [2.75, 3.05) is 6.61 Å². The summed E-state index contributed by atoms with van der Waals surface area (Å²) < 4.78 is 5.36. The van der Waals surface area contributed by atoms with Crippen LogP contribution in [0.5, 0.6) is 5.75 Å². The SMILES string of the molecule is CC(C)CC[C@H](C)NC(=O)COc1ccc(C(N)=O)cc1. The van der Waals surface area contributed by atoms with Crippen molar-refractivity contribution in [2.24, 2.45) is 11.7 Å². The van der Waals surface area contributed by atoms with Gasteiger partial charge < -0.3 is 15.8 Å². The van der Waals surface area contributed by atoms with Gasteiger partial charge in [0.2, 0.25) is 5.91 Å². The zero-order valence-electron chi connectivity index (χ0n) is 12.9. The number of primary amides is 1. The number of nitrogens with one attached hydrogen (secondary N) is 1. The van der Waals surface area contributed by atoms with Gasteiger partial charge in [-0.05, 0) is 49.9 Å². The van der Waals surface area contributed by atoms with Crippen LogP contribution in [0.3, 0.4) is 0 Å². The molecular formula is C16H24N2O3. The Kier molecular flexibility index (Phi) is 6.72. The summed E-state index contributed by atoms with van der Waals surface area (Å²) in [7, 11) is 0. The molecule has 0 aliphatic carbocycles. The Balaban J connectivity index is 2.34. The lowest BCUT2D eigenvalue weighted by molar-refractivity contribution is -0.123. The highest BCUT2D eigenvalue weighted by molar-refractivity contribution is 5.92. The Morgan fingerprint density at radius 2 is 1.76 bits per heavy atom. The molecule has 21 heavy (non-hydrogen) atoms. The summed E-state index contributed by atoms with van der Waals surface area (Å²) in [6.45, 7) is 6.27. The van der Waals surface area contributed by atoms with E-state index in [0.717, 1.165) is 12.8 Å². The van der Waals surface area contributed by atoms with E-state index in [9.17, 15) is 9.59 Å². The molecule has 1 atom stereocenters. The third kappa shape index (κ3) is 6.79. The highest BCUT2D eigenvalue weighted by Gasteiger charge is 2.09. The van der Waals surface area contributed by atoms with Crippen LogP contribution in [0.1, 0.15) is 44.0 Å². The van der Waals surface area contributed by atoms with Crippen LogP contribution in [0.4, 0.5) is 0 Å². The predicted octanol–water partition coefficient (Wildman–Crippen LogP) is 2.11. The first-order valence-electron chi connectivity index (χ1n) is 7.20. The fraction of sp³-hybridized carbons (Fsp3) is 0.500. The zero-order chi connectivity index (χ0) is 15.8. The van der Waals surface area contributed by atoms with Crippen molar-refractivity contribution in [1.29, 1.82) is 0 Å². The minimum absolute atomic E-state index is 0.0397. The van der Waals surface area contributed by atoms with Crippen LogP contribution < -0.4 is 15.8 Å². The van der Waals surface area contributed by atoms with Crippen LogP contribution in [0.25, 0.3) is 0 Å². The number of carbonyl (C=O) groups is 2. The molecule has 0 radical (unpaired) electrons. The van der Waals surface area contributed by atoms with Crippen molar-refractivity contribution in [3.63, 3.8) is 0 Å². The number of nitrogens with two attached hydrogens (primary N) is 1. The summed E-state index contributed by atoms with van der Waals surface area (Å²) in [5.41, 5.74) is 5.56. The molecule has 0 saturated heterocycles. The Hall–Kier alpha value is -2.04. The molecule has 0 saturated carbocycles. The molecule has 0 fully saturated rings. The molecule has 2 amide bonds. The van der Waals surface area contributed by atoms with E-state index in [1.807, 2.05) is 6.92 Å². The van der Waals surface area contributed by atoms with Crippen molar-refractivity contribution < 1.29 is 14.3 Å². The van der Waals surface area contributed by atoms with Gasteiger partial charge in [-0.15, -0.1) is 0 Å². The maximum absolute atomic E-state index is 11.7. The highest BCUT2D eigenvalue weighted by atomic mass is 16.5. The molecule has 0 heterocycles. The number of hydrogen-bond donors (Lipinski definition) is 2. The molecule has 0 unspecified atom stereocenters. The highest BCUT2D eigenvalue weighted by Crippen LogP contribution is 2.11. The van der Waals surface area contributed by atoms with E-state index in [1.165, 1.54) is 0 Å². The molecule has 5 heteroatoms. The molecule has 3 N–H and O–H groups in total. The number of hydrogen-bond acceptors (Lipinski definition) is 3. The minimum atomic E-state index is -0.488. The normalized spacial score (nSPS) is 12.0. The van der Waals surface area contributed by atoms with E-state index in [4.69, 9.17) is 10.5 Å². The van der Waals surface area contributed by atoms with Crippen LogP contribution in [0.15, 0.2) is 24.3 Å². The van der Waals surface area contributed by atoms with E-state index >= 15 is 0 Å². The van der Waals surface area contributed by atoms with Gasteiger partial charge in [0.1, 0.15) is 5.75 Å². The van der Waals surface area contributed by atoms with Crippen molar-refractivity contribution in [1.82, 2.24) is 5.32 Å². The lowest BCUT2D eigenvalue weighted by Crippen LogP contribution is -2.36. The van der Waals surface area contributed by atoms with E-state index in [-0.39, 0.29) is 18.6 Å². The smallest absolute Gasteiger partial charge is 0.258 e. The predicted molar refractivity (Wildman–Crippen MR) is 82.1 cm³/mol. The number of amides is 2. The Labute approximate surface area is 125 Å². The molecule has 0 aliphatic heterocycles. The molecule has 1 aromatic rings. The molecule has 1 aromatic carbocycles. The first-order chi connectivity index (χ1) is 9.88. The molecule has 0 aliphatic rings. The Bertz CT molecular complexity index is 469. The molecule has 1 rings (SSSR count). The quantitative estimate of drug-likeness (QED) is 0.770. The first kappa shape index (κ1) is 17.0. The summed E-state index contributed by atoms with van der Waals surface area (Å²) in [6.07, 6.45) is 2.04. The second-order valence-corrected chi connectivity index (χ2v) is 5.62. The number of ether oxygens (including phenoxy) is 1. The van der Waals surface area contributed by atoms with Gasteiger partial charge in [-0.1, -0.05) is 13.8 Å². The lowest BCUT2D eigenvalue weighted by Gasteiger charge is -2.15. The van der Waals surface area contributed by atoms with E-state index < -0.39 is 5.91 Å². The van der Waals surface area contributed by atoms with Gasteiger partial charge in [-0.2, -0.15) is 0 Å². The van der Waals surface area contributed by atoms with E-state index in [2.05, 4.69) is 19.2 Å². The topological polar surface area (TPSA) is 81.4 Å². The van der Waals surface area contributed by atoms with Gasteiger partial charge in [-0.25, -0.2) is 0 Å². The van der Waals surface area contributed by atoms with Gasteiger partial charge in [0.15, 0.2) is 6.61 Å². The summed E-state index contributed by atoms with van der Waals surface area (Å²) >= 11 is 0. The summed E-state index contributed by atoms with van der Waals surface area (Å²) in [5, 5.41) is 2.90. The van der Waals surface area contributed by atoms with E-state index in [0.29, 0.717) is 17.2 Å². The van der Waals surface area contributed by atoms with Gasteiger partial charge in [0.05, 0.1) is 0 Å². The fourth-order valence-corrected chi connectivity index (χ4v) is 1.84. The van der Waals surface area contributed by atoms with Gasteiger partial charge in [0.25, 0.3) is 5.91 Å². The van der Waals surface area contributed by atoms with Crippen molar-refractivity contribution in [2.45, 2.75) is 39.7 Å². The molecule has 5 nitrogen and oxygen atoms in total. The monoisotopic (exact) mass is 292 g/mol. The van der Waals surface area contributed by atoms with Crippen molar-refractivity contribution >= 4 is 11.8 Å². The molecular weight excluding hydrogens is 268 g/mol. The van der Waals surface area contributed by atoms with Gasteiger partial charge in [0, 0.05) is 11.6 Å². The molecule has 0 spiro atoms. The largest absolute Gasteiger partial charge is 0.484 e. The average Bonchev–Trinajstić information content (AvgIpc) is 2.43. The number of rotatable bonds is 8. The van der Waals surface area contributed by atoms with Crippen LogP contribution in [0.2, 0.25) is 0 Å². The molecule has 0 bridgehead atoms. The molecule has 0 aromatic heterocycles. The van der Waals surface area contributed by atoms with Crippen LogP contribution in [-0.2, 0) is 4.79 Å². The van der Waals surface area contributed by atoms with Gasteiger partial charge in [-0.3, -0.25) is 9.59 Å². The third-order valence-electron chi connectivity index (χ3n) is 3.09. The number of benzene rings is 1. The van der Waals surface area contributed by atoms with E-state index in [1.54, 1.807) is 24.3 Å². The number of carbonyl (C=O) groups excluding carboxylic acids is 2. The minimum Gasteiger partial charge on any atom is -0.484 e. The van der Waals surface area contributed by atoms with Crippen LogP contribution in [-0.4, -0.2) is 24.5 Å². The second kappa shape index (κ2) is 8.29. The van der Waals surface area contributed by atoms with Gasteiger partial charge >= 0.3 is 0 Å². The van der Waals surface area contributed by atoms with Crippen LogP contribution >= 0.6 is 0 Å². The summed E-state index contributed by atoms with van der Waals surface area (Å²) in [5.74, 6) is 0.526. The first-order valence-corrected chi connectivity index (χ1v) is 7.20. The lowest BCUT2D eigenvalue weighted by atomic mass is 10.0. The standard InChI is InChI=1S/C16H24N2O3/c1-11(2)4-5-12(3)18-15(19)10-21-14-8-6-13(7-9-14)16(17)20/h6-9,11-12H,4-5,10H2,1-3H3,(H2,17,20)(H,18,19)/t12-/m0/s1. The average molecular weight is 292 g/mol. The molecule has 116 valence electrons. The summed E-state index contributed by atoms with van der Waals surface area (Å²) in [6, 6.07) is 6.52. The fourth-order valence-electron chi connectivity index (χ4n) is 1.84. The maximum atomic E-state index is 11.7. The van der Waals surface area contributed by atoms with Crippen molar-refractivity contribution in [3.8, 4) is 5.75 Å². The van der Waals surface area contributed by atoms with Crippen molar-refractivity contribution in [3.05, 3.63) is 29.8 Å². The maximum Gasteiger partial charge on any atom is 0.258 e. The Morgan fingerprint density at radius 1 is 1.14 bits per heavy atom. The third-order valence-corrected chi connectivity index (χ3v) is 3.09. The zero-order valence-corrected chi connectivity index (χ0v) is 12.9. The second-order valence-electron chi connectivity index (χ2n) is 5.62. The summed E-state index contributed by atoms with van der Waals surface area (Å²) in [4.78, 5) is 22.7. The Morgan fingerprint density at radius 3 is 2.29 bits per heavy atom. The van der Waals surface area contributed by atoms with Crippen LogP contribution in [0, 0.1) is 5.92 Å².